The smallest absolute Gasteiger partial charge is 0.00478 e. The van der Waals surface area contributed by atoms with E-state index < -0.39 is 0 Å². The molecule has 1 aliphatic rings. The fraction of sp³-hybridized carbons (Fsp3) is 0.636. The molecule has 2 unspecified atom stereocenters. The van der Waals surface area contributed by atoms with Crippen molar-refractivity contribution in [3.8, 4) is 0 Å². The quantitative estimate of drug-likeness (QED) is 0.540. The second-order valence-electron chi connectivity index (χ2n) is 3.29. The Bertz CT molecular complexity index is 153. The Kier molecular flexibility index (Phi) is 3.41. The lowest BCUT2D eigenvalue weighted by molar-refractivity contribution is 0.564. The van der Waals surface area contributed by atoms with Crippen LogP contribution in [0.25, 0.3) is 0 Å². The summed E-state index contributed by atoms with van der Waals surface area (Å²) in [7, 11) is 0. The largest absolute Gasteiger partial charge is 0.0882 e. The molecule has 1 rings (SSSR count). The van der Waals surface area contributed by atoms with Crippen LogP contribution in [0.1, 0.15) is 33.1 Å². The summed E-state index contributed by atoms with van der Waals surface area (Å²) in [5.41, 5.74) is 0. The van der Waals surface area contributed by atoms with E-state index in [2.05, 4.69) is 38.2 Å². The predicted molar refractivity (Wildman–Crippen MR) is 50.5 cm³/mol. The Morgan fingerprint density at radius 1 is 1.36 bits per heavy atom. The van der Waals surface area contributed by atoms with Gasteiger partial charge in [-0.05, 0) is 31.1 Å². The van der Waals surface area contributed by atoms with Gasteiger partial charge in [-0.2, -0.15) is 0 Å². The fourth-order valence-electron chi connectivity index (χ4n) is 1.56. The highest BCUT2D eigenvalue weighted by Crippen LogP contribution is 2.26. The molecule has 1 aliphatic carbocycles. The molecule has 0 N–H and O–H groups in total. The molecule has 0 heteroatoms. The topological polar surface area (TPSA) is 0 Å². The second-order valence-corrected chi connectivity index (χ2v) is 3.29. The van der Waals surface area contributed by atoms with Gasteiger partial charge in [0.2, 0.25) is 0 Å². The molecule has 0 spiro atoms. The highest BCUT2D eigenvalue weighted by Gasteiger charge is 2.13. The van der Waals surface area contributed by atoms with E-state index in [9.17, 15) is 0 Å². The van der Waals surface area contributed by atoms with Crippen molar-refractivity contribution in [1.29, 1.82) is 0 Å². The summed E-state index contributed by atoms with van der Waals surface area (Å²) in [4.78, 5) is 0. The lowest BCUT2D eigenvalue weighted by atomic mass is 10.0. The predicted octanol–water partition coefficient (Wildman–Crippen LogP) is 3.55. The van der Waals surface area contributed by atoms with Gasteiger partial charge in [-0.1, -0.05) is 38.2 Å². The van der Waals surface area contributed by atoms with Crippen LogP contribution in [-0.4, -0.2) is 0 Å². The van der Waals surface area contributed by atoms with Gasteiger partial charge in [0.05, 0.1) is 0 Å². The first-order valence-electron chi connectivity index (χ1n) is 4.71. The summed E-state index contributed by atoms with van der Waals surface area (Å²) < 4.78 is 0. The Morgan fingerprint density at radius 2 is 2.18 bits per heavy atom. The molecule has 11 heavy (non-hydrogen) atoms. The minimum atomic E-state index is 0.736. The maximum atomic E-state index is 2.37. The third-order valence-corrected chi connectivity index (χ3v) is 2.35. The Hall–Kier alpha value is -0.520. The summed E-state index contributed by atoms with van der Waals surface area (Å²) in [5, 5.41) is 0. The van der Waals surface area contributed by atoms with E-state index in [-0.39, 0.29) is 0 Å². The highest BCUT2D eigenvalue weighted by molar-refractivity contribution is 5.09. The van der Waals surface area contributed by atoms with Gasteiger partial charge < -0.3 is 0 Å². The van der Waals surface area contributed by atoms with Gasteiger partial charge in [-0.25, -0.2) is 0 Å². The van der Waals surface area contributed by atoms with Gasteiger partial charge in [0, 0.05) is 0 Å². The molecule has 0 amide bonds. The third-order valence-electron chi connectivity index (χ3n) is 2.35. The first kappa shape index (κ1) is 8.58. The van der Waals surface area contributed by atoms with Crippen molar-refractivity contribution in [1.82, 2.24) is 0 Å². The van der Waals surface area contributed by atoms with Crippen molar-refractivity contribution in [3.63, 3.8) is 0 Å². The van der Waals surface area contributed by atoms with Crippen molar-refractivity contribution in [2.75, 3.05) is 0 Å². The van der Waals surface area contributed by atoms with Crippen LogP contribution < -0.4 is 0 Å². The number of rotatable bonds is 3. The SMILES string of the molecule is CC/C=C/C1C=CC(CC)C1. The van der Waals surface area contributed by atoms with E-state index in [4.69, 9.17) is 0 Å². The van der Waals surface area contributed by atoms with Crippen LogP contribution >= 0.6 is 0 Å². The first-order valence-corrected chi connectivity index (χ1v) is 4.71. The zero-order valence-corrected chi connectivity index (χ0v) is 7.59. The molecule has 0 nitrogen and oxygen atoms in total. The molecule has 0 saturated carbocycles. The van der Waals surface area contributed by atoms with Crippen molar-refractivity contribution >= 4 is 0 Å². The average Bonchev–Trinajstić information content (AvgIpc) is 2.48. The zero-order chi connectivity index (χ0) is 8.10. The van der Waals surface area contributed by atoms with Gasteiger partial charge in [0.1, 0.15) is 0 Å². The van der Waals surface area contributed by atoms with Crippen LogP contribution in [0.5, 0.6) is 0 Å². The van der Waals surface area contributed by atoms with Crippen LogP contribution in [0.15, 0.2) is 24.3 Å². The zero-order valence-electron chi connectivity index (χ0n) is 7.59. The number of hydrogen-bond donors (Lipinski definition) is 0. The van der Waals surface area contributed by atoms with Crippen molar-refractivity contribution in [2.24, 2.45) is 11.8 Å². The Balaban J connectivity index is 2.31. The molecule has 2 atom stereocenters. The first-order chi connectivity index (χ1) is 5.36. The minimum Gasteiger partial charge on any atom is -0.0882 e. The van der Waals surface area contributed by atoms with Crippen molar-refractivity contribution in [2.45, 2.75) is 33.1 Å². The fourth-order valence-corrected chi connectivity index (χ4v) is 1.56. The van der Waals surface area contributed by atoms with Crippen LogP contribution in [0.3, 0.4) is 0 Å². The molecule has 0 aromatic rings. The molecule has 0 bridgehead atoms. The van der Waals surface area contributed by atoms with Gasteiger partial charge >= 0.3 is 0 Å². The van der Waals surface area contributed by atoms with E-state index in [0.717, 1.165) is 11.8 Å². The van der Waals surface area contributed by atoms with E-state index in [1.54, 1.807) is 0 Å². The molecule has 0 saturated heterocycles. The van der Waals surface area contributed by atoms with E-state index in [1.165, 1.54) is 19.3 Å². The molecule has 0 radical (unpaired) electrons. The number of hydrogen-bond acceptors (Lipinski definition) is 0. The third kappa shape index (κ3) is 2.53. The summed E-state index contributed by atoms with van der Waals surface area (Å²) in [5.74, 6) is 1.58. The summed E-state index contributed by atoms with van der Waals surface area (Å²) in [6.45, 7) is 4.45. The molecule has 0 fully saturated rings. The minimum absolute atomic E-state index is 0.736. The van der Waals surface area contributed by atoms with Gasteiger partial charge in [-0.3, -0.25) is 0 Å². The molecule has 62 valence electrons. The summed E-state index contributed by atoms with van der Waals surface area (Å²) in [6, 6.07) is 0. The summed E-state index contributed by atoms with van der Waals surface area (Å²) >= 11 is 0. The number of allylic oxidation sites excluding steroid dienone is 4. The molecule has 0 aromatic carbocycles. The maximum absolute atomic E-state index is 2.37. The Labute approximate surface area is 70.0 Å². The van der Waals surface area contributed by atoms with Crippen LogP contribution in [-0.2, 0) is 0 Å². The van der Waals surface area contributed by atoms with Crippen LogP contribution in [0, 0.1) is 11.8 Å². The maximum Gasteiger partial charge on any atom is -0.00478 e. The molecule has 0 aromatic heterocycles. The van der Waals surface area contributed by atoms with Crippen molar-refractivity contribution < 1.29 is 0 Å². The molecule has 0 heterocycles. The molecular weight excluding hydrogens is 132 g/mol. The summed E-state index contributed by atoms with van der Waals surface area (Å²) in [6.07, 6.45) is 13.1. The standard InChI is InChI=1S/C11H18/c1-3-5-6-11-8-7-10(4-2)9-11/h5-8,10-11H,3-4,9H2,1-2H3/b6-5+. The van der Waals surface area contributed by atoms with Gasteiger partial charge in [0.25, 0.3) is 0 Å². The van der Waals surface area contributed by atoms with E-state index in [1.807, 2.05) is 0 Å². The lowest BCUT2D eigenvalue weighted by Crippen LogP contribution is -1.93. The van der Waals surface area contributed by atoms with Gasteiger partial charge in [-0.15, -0.1) is 0 Å². The Morgan fingerprint density at radius 3 is 2.73 bits per heavy atom. The molecule has 0 aliphatic heterocycles. The van der Waals surface area contributed by atoms with Crippen LogP contribution in [0.2, 0.25) is 0 Å². The highest BCUT2D eigenvalue weighted by atomic mass is 14.2. The average molecular weight is 150 g/mol. The second kappa shape index (κ2) is 4.38. The van der Waals surface area contributed by atoms with Gasteiger partial charge in [0.15, 0.2) is 0 Å². The molecular formula is C11H18. The van der Waals surface area contributed by atoms with Crippen molar-refractivity contribution in [3.05, 3.63) is 24.3 Å². The lowest BCUT2D eigenvalue weighted by Gasteiger charge is -2.04. The van der Waals surface area contributed by atoms with Crippen LogP contribution in [0.4, 0.5) is 0 Å². The van der Waals surface area contributed by atoms with E-state index in [0.29, 0.717) is 0 Å². The van der Waals surface area contributed by atoms with E-state index >= 15 is 0 Å². The monoisotopic (exact) mass is 150 g/mol. The normalized spacial score (nSPS) is 30.4.